The van der Waals surface area contributed by atoms with Crippen LogP contribution in [0.3, 0.4) is 0 Å². The molecule has 2 rings (SSSR count). The van der Waals surface area contributed by atoms with Crippen molar-refractivity contribution in [1.29, 1.82) is 0 Å². The number of ether oxygens (including phenoxy) is 1. The molecule has 27 heavy (non-hydrogen) atoms. The van der Waals surface area contributed by atoms with E-state index in [2.05, 4.69) is 11.3 Å². The van der Waals surface area contributed by atoms with E-state index >= 15 is 0 Å². The fourth-order valence-corrected chi connectivity index (χ4v) is 2.47. The van der Waals surface area contributed by atoms with Gasteiger partial charge in [0, 0.05) is 36.3 Å². The summed E-state index contributed by atoms with van der Waals surface area (Å²) in [5.74, 6) is -1.89. The SMILES string of the molecule is C=CCN(Cc1ccccc1F)C(=O)c1cc(C(=O)OC)cc([N+](=O)[O-])c1. The van der Waals surface area contributed by atoms with Crippen molar-refractivity contribution in [2.45, 2.75) is 6.54 Å². The van der Waals surface area contributed by atoms with E-state index in [0.29, 0.717) is 0 Å². The number of methoxy groups -OCH3 is 1. The maximum absolute atomic E-state index is 13.9. The zero-order valence-corrected chi connectivity index (χ0v) is 14.6. The van der Waals surface area contributed by atoms with Gasteiger partial charge in [-0.05, 0) is 12.1 Å². The number of rotatable bonds is 7. The first-order chi connectivity index (χ1) is 12.9. The topological polar surface area (TPSA) is 89.8 Å². The van der Waals surface area contributed by atoms with E-state index in [1.807, 2.05) is 0 Å². The van der Waals surface area contributed by atoms with E-state index in [4.69, 9.17) is 0 Å². The minimum Gasteiger partial charge on any atom is -0.465 e. The molecule has 0 unspecified atom stereocenters. The van der Waals surface area contributed by atoms with Gasteiger partial charge in [-0.2, -0.15) is 0 Å². The Labute approximate surface area is 154 Å². The molecule has 1 amide bonds. The van der Waals surface area contributed by atoms with Crippen LogP contribution in [0.4, 0.5) is 10.1 Å². The minimum atomic E-state index is -0.808. The molecule has 0 aliphatic rings. The second-order valence-electron chi connectivity index (χ2n) is 5.58. The highest BCUT2D eigenvalue weighted by Crippen LogP contribution is 2.21. The predicted octanol–water partition coefficient (Wildman–Crippen LogP) is 3.35. The van der Waals surface area contributed by atoms with Crippen molar-refractivity contribution in [2.75, 3.05) is 13.7 Å². The van der Waals surface area contributed by atoms with E-state index in [-0.39, 0.29) is 29.8 Å². The number of nitrogens with zero attached hydrogens (tertiary/aromatic N) is 2. The second-order valence-corrected chi connectivity index (χ2v) is 5.58. The first-order valence-corrected chi connectivity index (χ1v) is 7.88. The number of nitro benzene ring substituents is 1. The van der Waals surface area contributed by atoms with Gasteiger partial charge in [-0.3, -0.25) is 14.9 Å². The monoisotopic (exact) mass is 372 g/mol. The van der Waals surface area contributed by atoms with E-state index < -0.39 is 28.3 Å². The molecule has 0 saturated carbocycles. The highest BCUT2D eigenvalue weighted by molar-refractivity contribution is 5.99. The predicted molar refractivity (Wildman–Crippen MR) is 95.8 cm³/mol. The summed E-state index contributed by atoms with van der Waals surface area (Å²) in [6.45, 7) is 3.60. The average Bonchev–Trinajstić information content (AvgIpc) is 2.67. The molecular weight excluding hydrogens is 355 g/mol. The van der Waals surface area contributed by atoms with Crippen LogP contribution in [0.5, 0.6) is 0 Å². The smallest absolute Gasteiger partial charge is 0.338 e. The van der Waals surface area contributed by atoms with Gasteiger partial charge in [0.05, 0.1) is 17.6 Å². The van der Waals surface area contributed by atoms with Gasteiger partial charge in [0.2, 0.25) is 0 Å². The molecule has 0 heterocycles. The Morgan fingerprint density at radius 1 is 1.26 bits per heavy atom. The van der Waals surface area contributed by atoms with Gasteiger partial charge < -0.3 is 9.64 Å². The normalized spacial score (nSPS) is 10.1. The van der Waals surface area contributed by atoms with Gasteiger partial charge >= 0.3 is 5.97 Å². The van der Waals surface area contributed by atoms with Crippen LogP contribution in [0.15, 0.2) is 55.1 Å². The molecule has 0 aliphatic carbocycles. The third-order valence-electron chi connectivity index (χ3n) is 3.75. The first kappa shape index (κ1) is 19.8. The van der Waals surface area contributed by atoms with E-state index in [1.165, 1.54) is 35.2 Å². The number of carbonyl (C=O) groups is 2. The molecule has 0 fully saturated rings. The standard InChI is InChI=1S/C19H17FN2O5/c1-3-8-21(12-13-6-4-5-7-17(13)20)18(23)14-9-15(19(24)27-2)11-16(10-14)22(25)26/h3-7,9-11H,1,8,12H2,2H3. The average molecular weight is 372 g/mol. The molecule has 0 saturated heterocycles. The fraction of sp³-hybridized carbons (Fsp3) is 0.158. The molecule has 7 nitrogen and oxygen atoms in total. The van der Waals surface area contributed by atoms with Gasteiger partial charge in [-0.15, -0.1) is 6.58 Å². The highest BCUT2D eigenvalue weighted by atomic mass is 19.1. The quantitative estimate of drug-likeness (QED) is 0.322. The molecule has 0 aliphatic heterocycles. The van der Waals surface area contributed by atoms with Gasteiger partial charge in [-0.1, -0.05) is 24.3 Å². The lowest BCUT2D eigenvalue weighted by molar-refractivity contribution is -0.384. The molecular formula is C19H17FN2O5. The Bertz CT molecular complexity index is 897. The summed E-state index contributed by atoms with van der Waals surface area (Å²) in [6.07, 6.45) is 1.46. The summed E-state index contributed by atoms with van der Waals surface area (Å²) in [6, 6.07) is 9.27. The maximum atomic E-state index is 13.9. The lowest BCUT2D eigenvalue weighted by Gasteiger charge is -2.22. The summed E-state index contributed by atoms with van der Waals surface area (Å²) in [5, 5.41) is 11.1. The fourth-order valence-electron chi connectivity index (χ4n) is 2.47. The lowest BCUT2D eigenvalue weighted by Crippen LogP contribution is -2.31. The number of carbonyl (C=O) groups excluding carboxylic acids is 2. The third-order valence-corrected chi connectivity index (χ3v) is 3.75. The van der Waals surface area contributed by atoms with E-state index in [9.17, 15) is 24.1 Å². The Hall–Kier alpha value is -3.55. The van der Waals surface area contributed by atoms with Gasteiger partial charge in [0.25, 0.3) is 11.6 Å². The van der Waals surface area contributed by atoms with Crippen LogP contribution in [0.1, 0.15) is 26.3 Å². The molecule has 140 valence electrons. The van der Waals surface area contributed by atoms with Crippen LogP contribution in [0, 0.1) is 15.9 Å². The van der Waals surface area contributed by atoms with Crippen molar-refractivity contribution < 1.29 is 23.6 Å². The molecule has 0 aromatic heterocycles. The number of nitro groups is 1. The Kier molecular flexibility index (Phi) is 6.37. The van der Waals surface area contributed by atoms with Crippen molar-refractivity contribution >= 4 is 17.6 Å². The zero-order valence-electron chi connectivity index (χ0n) is 14.6. The van der Waals surface area contributed by atoms with Crippen LogP contribution < -0.4 is 0 Å². The number of hydrogen-bond donors (Lipinski definition) is 0. The van der Waals surface area contributed by atoms with Crippen LogP contribution >= 0.6 is 0 Å². The second kappa shape index (κ2) is 8.70. The van der Waals surface area contributed by atoms with Crippen molar-refractivity contribution in [3.8, 4) is 0 Å². The van der Waals surface area contributed by atoms with Gasteiger partial charge in [-0.25, -0.2) is 9.18 Å². The third kappa shape index (κ3) is 4.75. The van der Waals surface area contributed by atoms with Crippen LogP contribution in [0.25, 0.3) is 0 Å². The Morgan fingerprint density at radius 2 is 1.93 bits per heavy atom. The minimum absolute atomic E-state index is 0.0617. The number of hydrogen-bond acceptors (Lipinski definition) is 5. The molecule has 0 bridgehead atoms. The molecule has 0 atom stereocenters. The summed E-state index contributed by atoms with van der Waals surface area (Å²) in [7, 11) is 1.13. The molecule has 0 N–H and O–H groups in total. The largest absolute Gasteiger partial charge is 0.465 e. The molecule has 8 heteroatoms. The zero-order chi connectivity index (χ0) is 20.0. The Morgan fingerprint density at radius 3 is 2.52 bits per heavy atom. The number of benzene rings is 2. The maximum Gasteiger partial charge on any atom is 0.338 e. The van der Waals surface area contributed by atoms with Crippen LogP contribution in [0.2, 0.25) is 0 Å². The number of non-ortho nitro benzene ring substituents is 1. The van der Waals surface area contributed by atoms with Crippen molar-refractivity contribution in [3.63, 3.8) is 0 Å². The van der Waals surface area contributed by atoms with Crippen LogP contribution in [-0.2, 0) is 11.3 Å². The number of halogens is 1. The van der Waals surface area contributed by atoms with Crippen molar-refractivity contribution in [1.82, 2.24) is 4.90 Å². The Balaban J connectivity index is 2.43. The lowest BCUT2D eigenvalue weighted by atomic mass is 10.1. The molecule has 0 radical (unpaired) electrons. The van der Waals surface area contributed by atoms with Crippen molar-refractivity contribution in [3.05, 3.63) is 87.7 Å². The van der Waals surface area contributed by atoms with E-state index in [1.54, 1.807) is 6.07 Å². The summed E-state index contributed by atoms with van der Waals surface area (Å²) < 4.78 is 18.5. The van der Waals surface area contributed by atoms with Gasteiger partial charge in [0.15, 0.2) is 0 Å². The molecule has 2 aromatic rings. The van der Waals surface area contributed by atoms with Gasteiger partial charge in [0.1, 0.15) is 5.82 Å². The summed E-state index contributed by atoms with van der Waals surface area (Å²) >= 11 is 0. The van der Waals surface area contributed by atoms with E-state index in [0.717, 1.165) is 19.2 Å². The first-order valence-electron chi connectivity index (χ1n) is 7.88. The summed E-state index contributed by atoms with van der Waals surface area (Å²) in [5.41, 5.74) is -0.348. The van der Waals surface area contributed by atoms with Crippen LogP contribution in [-0.4, -0.2) is 35.4 Å². The highest BCUT2D eigenvalue weighted by Gasteiger charge is 2.22. The number of esters is 1. The van der Waals surface area contributed by atoms with Crippen molar-refractivity contribution in [2.24, 2.45) is 0 Å². The molecule has 2 aromatic carbocycles. The molecule has 0 spiro atoms. The number of amides is 1. The summed E-state index contributed by atoms with van der Waals surface area (Å²) in [4.78, 5) is 36.3.